The van der Waals surface area contributed by atoms with Gasteiger partial charge in [-0.1, -0.05) is 6.07 Å². The first-order valence-electron chi connectivity index (χ1n) is 5.98. The van der Waals surface area contributed by atoms with Gasteiger partial charge in [-0.2, -0.15) is 0 Å². The van der Waals surface area contributed by atoms with Crippen LogP contribution in [0.25, 0.3) is 0 Å². The monoisotopic (exact) mass is 243 g/mol. The van der Waals surface area contributed by atoms with Crippen molar-refractivity contribution in [2.45, 2.75) is 19.9 Å². The van der Waals surface area contributed by atoms with E-state index in [9.17, 15) is 0 Å². The smallest absolute Gasteiger partial charge is 0.218 e. The zero-order chi connectivity index (χ0) is 12.8. The van der Waals surface area contributed by atoms with E-state index in [1.807, 2.05) is 31.2 Å². The lowest BCUT2D eigenvalue weighted by Crippen LogP contribution is -2.09. The molecule has 94 valence electrons. The standard InChI is InChI=1S/C14H17N3O/c1-11-5-8-17-14(13(11)10-15)18-9-6-12-4-2-3-7-16-12/h2-5,7-8H,6,9-10,15H2,1H3. The van der Waals surface area contributed by atoms with E-state index in [-0.39, 0.29) is 0 Å². The summed E-state index contributed by atoms with van der Waals surface area (Å²) in [5.74, 6) is 0.633. The van der Waals surface area contributed by atoms with Crippen molar-refractivity contribution < 1.29 is 4.74 Å². The Kier molecular flexibility index (Phi) is 4.25. The Morgan fingerprint density at radius 3 is 2.78 bits per heavy atom. The number of aryl methyl sites for hydroxylation is 1. The zero-order valence-electron chi connectivity index (χ0n) is 10.5. The largest absolute Gasteiger partial charge is 0.477 e. The van der Waals surface area contributed by atoms with Crippen LogP contribution in [0, 0.1) is 6.92 Å². The van der Waals surface area contributed by atoms with Crippen LogP contribution in [0.5, 0.6) is 5.88 Å². The molecule has 0 radical (unpaired) electrons. The topological polar surface area (TPSA) is 61.0 Å². The number of ether oxygens (including phenoxy) is 1. The normalized spacial score (nSPS) is 10.3. The Hall–Kier alpha value is -1.94. The summed E-state index contributed by atoms with van der Waals surface area (Å²) < 4.78 is 5.68. The molecule has 2 aromatic rings. The van der Waals surface area contributed by atoms with Crippen molar-refractivity contribution in [1.29, 1.82) is 0 Å². The fourth-order valence-electron chi connectivity index (χ4n) is 1.73. The highest BCUT2D eigenvalue weighted by molar-refractivity contribution is 5.33. The molecular formula is C14H17N3O. The van der Waals surface area contributed by atoms with Gasteiger partial charge in [0.2, 0.25) is 5.88 Å². The summed E-state index contributed by atoms with van der Waals surface area (Å²) in [4.78, 5) is 8.46. The summed E-state index contributed by atoms with van der Waals surface area (Å²) >= 11 is 0. The van der Waals surface area contributed by atoms with E-state index in [1.165, 1.54) is 0 Å². The summed E-state index contributed by atoms with van der Waals surface area (Å²) in [6, 6.07) is 7.79. The van der Waals surface area contributed by atoms with Crippen LogP contribution in [-0.4, -0.2) is 16.6 Å². The van der Waals surface area contributed by atoms with Gasteiger partial charge in [-0.05, 0) is 30.7 Å². The Balaban J connectivity index is 1.96. The first-order chi connectivity index (χ1) is 8.81. The molecule has 2 N–H and O–H groups in total. The minimum Gasteiger partial charge on any atom is -0.477 e. The number of aromatic nitrogens is 2. The van der Waals surface area contributed by atoms with E-state index in [0.29, 0.717) is 19.0 Å². The maximum Gasteiger partial charge on any atom is 0.218 e. The van der Waals surface area contributed by atoms with Gasteiger partial charge in [0.15, 0.2) is 0 Å². The Labute approximate surface area is 107 Å². The Morgan fingerprint density at radius 1 is 1.17 bits per heavy atom. The van der Waals surface area contributed by atoms with Crippen LogP contribution in [0.15, 0.2) is 36.7 Å². The van der Waals surface area contributed by atoms with Gasteiger partial charge >= 0.3 is 0 Å². The summed E-state index contributed by atoms with van der Waals surface area (Å²) in [7, 11) is 0. The van der Waals surface area contributed by atoms with E-state index >= 15 is 0 Å². The Bertz CT molecular complexity index is 500. The lowest BCUT2D eigenvalue weighted by molar-refractivity contribution is 0.304. The highest BCUT2D eigenvalue weighted by atomic mass is 16.5. The maximum absolute atomic E-state index is 5.70. The molecule has 0 aromatic carbocycles. The van der Waals surface area contributed by atoms with Gasteiger partial charge in [-0.3, -0.25) is 4.98 Å². The summed E-state index contributed by atoms with van der Waals surface area (Å²) in [5.41, 5.74) is 8.80. The summed E-state index contributed by atoms with van der Waals surface area (Å²) in [6.45, 7) is 3.01. The second-order valence-electron chi connectivity index (χ2n) is 4.04. The number of rotatable bonds is 5. The van der Waals surface area contributed by atoms with Crippen LogP contribution in [0.2, 0.25) is 0 Å². The van der Waals surface area contributed by atoms with Crippen molar-refractivity contribution in [2.75, 3.05) is 6.61 Å². The molecule has 0 aliphatic heterocycles. The van der Waals surface area contributed by atoms with Crippen LogP contribution in [0.3, 0.4) is 0 Å². The molecule has 0 amide bonds. The lowest BCUT2D eigenvalue weighted by atomic mass is 10.1. The summed E-state index contributed by atoms with van der Waals surface area (Å²) in [5, 5.41) is 0. The van der Waals surface area contributed by atoms with Gasteiger partial charge < -0.3 is 10.5 Å². The van der Waals surface area contributed by atoms with E-state index < -0.39 is 0 Å². The van der Waals surface area contributed by atoms with E-state index in [1.54, 1.807) is 12.4 Å². The highest BCUT2D eigenvalue weighted by Gasteiger charge is 2.06. The van der Waals surface area contributed by atoms with Gasteiger partial charge in [0.25, 0.3) is 0 Å². The fraction of sp³-hybridized carbons (Fsp3) is 0.286. The molecule has 4 nitrogen and oxygen atoms in total. The third kappa shape index (κ3) is 3.05. The van der Waals surface area contributed by atoms with Gasteiger partial charge in [0.05, 0.1) is 6.61 Å². The number of hydrogen-bond donors (Lipinski definition) is 1. The van der Waals surface area contributed by atoms with E-state index in [4.69, 9.17) is 10.5 Å². The third-order valence-electron chi connectivity index (χ3n) is 2.78. The quantitative estimate of drug-likeness (QED) is 0.870. The predicted octanol–water partition coefficient (Wildman–Crippen LogP) is 1.87. The molecule has 0 bridgehead atoms. The molecule has 0 unspecified atom stereocenters. The second kappa shape index (κ2) is 6.12. The number of nitrogens with zero attached hydrogens (tertiary/aromatic N) is 2. The Morgan fingerprint density at radius 2 is 2.06 bits per heavy atom. The van der Waals surface area contributed by atoms with Crippen LogP contribution < -0.4 is 10.5 Å². The number of nitrogens with two attached hydrogens (primary N) is 1. The fourth-order valence-corrected chi connectivity index (χ4v) is 1.73. The molecule has 0 aliphatic carbocycles. The van der Waals surface area contributed by atoms with E-state index in [0.717, 1.165) is 23.2 Å². The van der Waals surface area contributed by atoms with Crippen LogP contribution >= 0.6 is 0 Å². The molecule has 0 spiro atoms. The highest BCUT2D eigenvalue weighted by Crippen LogP contribution is 2.18. The van der Waals surface area contributed by atoms with Crippen LogP contribution in [0.1, 0.15) is 16.8 Å². The summed E-state index contributed by atoms with van der Waals surface area (Å²) in [6.07, 6.45) is 4.29. The number of pyridine rings is 2. The van der Waals surface area contributed by atoms with Gasteiger partial charge in [-0.15, -0.1) is 0 Å². The molecule has 4 heteroatoms. The van der Waals surface area contributed by atoms with Gasteiger partial charge in [-0.25, -0.2) is 4.98 Å². The van der Waals surface area contributed by atoms with Crippen molar-refractivity contribution in [3.05, 3.63) is 53.5 Å². The first kappa shape index (κ1) is 12.5. The maximum atomic E-state index is 5.70. The van der Waals surface area contributed by atoms with Gasteiger partial charge in [0.1, 0.15) is 0 Å². The number of hydrogen-bond acceptors (Lipinski definition) is 4. The molecule has 0 aliphatic rings. The molecule has 0 saturated carbocycles. The molecule has 0 atom stereocenters. The molecular weight excluding hydrogens is 226 g/mol. The molecule has 18 heavy (non-hydrogen) atoms. The van der Waals surface area contributed by atoms with Crippen molar-refractivity contribution in [2.24, 2.45) is 5.73 Å². The SMILES string of the molecule is Cc1ccnc(OCCc2ccccn2)c1CN. The zero-order valence-corrected chi connectivity index (χ0v) is 10.5. The predicted molar refractivity (Wildman–Crippen MR) is 70.3 cm³/mol. The molecule has 0 fully saturated rings. The molecule has 2 rings (SSSR count). The molecule has 2 heterocycles. The first-order valence-corrected chi connectivity index (χ1v) is 5.98. The lowest BCUT2D eigenvalue weighted by Gasteiger charge is -2.10. The van der Waals surface area contributed by atoms with Gasteiger partial charge in [0, 0.05) is 36.6 Å². The van der Waals surface area contributed by atoms with Crippen LogP contribution in [0.4, 0.5) is 0 Å². The van der Waals surface area contributed by atoms with Crippen molar-refractivity contribution in [3.63, 3.8) is 0 Å². The third-order valence-corrected chi connectivity index (χ3v) is 2.78. The minimum absolute atomic E-state index is 0.443. The average molecular weight is 243 g/mol. The van der Waals surface area contributed by atoms with Crippen LogP contribution in [-0.2, 0) is 13.0 Å². The molecule has 2 aromatic heterocycles. The van der Waals surface area contributed by atoms with Crippen molar-refractivity contribution in [3.8, 4) is 5.88 Å². The minimum atomic E-state index is 0.443. The second-order valence-corrected chi connectivity index (χ2v) is 4.04. The average Bonchev–Trinajstić information content (AvgIpc) is 2.40. The van der Waals surface area contributed by atoms with Crippen molar-refractivity contribution >= 4 is 0 Å². The van der Waals surface area contributed by atoms with E-state index in [2.05, 4.69) is 9.97 Å². The van der Waals surface area contributed by atoms with Crippen molar-refractivity contribution in [1.82, 2.24) is 9.97 Å². The molecule has 0 saturated heterocycles.